The molecule has 184 valence electrons. The summed E-state index contributed by atoms with van der Waals surface area (Å²) in [5.74, 6) is 0.850. The minimum Gasteiger partial charge on any atom is -0.444 e. The molecule has 0 atom stereocenters. The molecule has 0 unspecified atom stereocenters. The van der Waals surface area contributed by atoms with Crippen molar-refractivity contribution in [2.24, 2.45) is 5.41 Å². The van der Waals surface area contributed by atoms with Crippen LogP contribution in [0.2, 0.25) is 5.15 Å². The quantitative estimate of drug-likeness (QED) is 0.360. The maximum absolute atomic E-state index is 12.4. The molecule has 35 heavy (non-hydrogen) atoms. The summed E-state index contributed by atoms with van der Waals surface area (Å²) in [7, 11) is 0. The van der Waals surface area contributed by atoms with Crippen LogP contribution in [0.25, 0.3) is 22.9 Å². The molecule has 3 aromatic rings. The van der Waals surface area contributed by atoms with Crippen molar-refractivity contribution in [3.05, 3.63) is 46.2 Å². The summed E-state index contributed by atoms with van der Waals surface area (Å²) in [4.78, 5) is 20.5. The number of ether oxygens (including phenoxy) is 1. The second kappa shape index (κ2) is 9.09. The van der Waals surface area contributed by atoms with Crippen LogP contribution in [0.3, 0.4) is 0 Å². The maximum atomic E-state index is 12.4. The van der Waals surface area contributed by atoms with E-state index in [1.165, 1.54) is 0 Å². The van der Waals surface area contributed by atoms with Crippen molar-refractivity contribution in [1.82, 2.24) is 20.1 Å². The number of hydrogen-bond donors (Lipinski definition) is 0. The molecule has 1 aromatic carbocycles. The van der Waals surface area contributed by atoms with Crippen molar-refractivity contribution in [3.8, 4) is 22.9 Å². The number of likely N-dealkylation sites (tertiary alicyclic amines) is 1. The van der Waals surface area contributed by atoms with Gasteiger partial charge >= 0.3 is 6.09 Å². The molecule has 0 saturated carbocycles. The van der Waals surface area contributed by atoms with Crippen LogP contribution < -0.4 is 4.90 Å². The van der Waals surface area contributed by atoms with Gasteiger partial charge in [-0.15, -0.1) is 10.2 Å². The van der Waals surface area contributed by atoms with Gasteiger partial charge in [0.15, 0.2) is 0 Å². The molecular formula is C25H27BrClN5O3. The van der Waals surface area contributed by atoms with E-state index in [2.05, 4.69) is 42.1 Å². The van der Waals surface area contributed by atoms with Crippen LogP contribution in [0.1, 0.15) is 33.6 Å². The lowest BCUT2D eigenvalue weighted by atomic mass is 9.72. The number of carbonyl (C=O) groups excluding carboxylic acids is 1. The molecule has 2 aliphatic heterocycles. The van der Waals surface area contributed by atoms with Crippen LogP contribution in [-0.2, 0) is 4.74 Å². The predicted octanol–water partition coefficient (Wildman–Crippen LogP) is 6.05. The molecule has 8 nitrogen and oxygen atoms in total. The van der Waals surface area contributed by atoms with Crippen LogP contribution in [0, 0.1) is 5.41 Å². The number of carbonyl (C=O) groups is 1. The molecule has 2 aromatic heterocycles. The number of hydrogen-bond acceptors (Lipinski definition) is 7. The molecule has 4 heterocycles. The summed E-state index contributed by atoms with van der Waals surface area (Å²) >= 11 is 9.62. The summed E-state index contributed by atoms with van der Waals surface area (Å²) in [5, 5.41) is 8.91. The molecule has 0 bridgehead atoms. The molecular weight excluding hydrogens is 534 g/mol. The average molecular weight is 561 g/mol. The van der Waals surface area contributed by atoms with Gasteiger partial charge in [0.05, 0.1) is 11.3 Å². The summed E-state index contributed by atoms with van der Waals surface area (Å²) in [6, 6.07) is 9.55. The lowest BCUT2D eigenvalue weighted by molar-refractivity contribution is -0.0434. The first-order valence-electron chi connectivity index (χ1n) is 11.6. The predicted molar refractivity (Wildman–Crippen MR) is 137 cm³/mol. The van der Waals surface area contributed by atoms with Crippen LogP contribution in [0.5, 0.6) is 0 Å². The zero-order chi connectivity index (χ0) is 24.8. The number of benzene rings is 1. The smallest absolute Gasteiger partial charge is 0.410 e. The van der Waals surface area contributed by atoms with E-state index in [-0.39, 0.29) is 11.5 Å². The third-order valence-electron chi connectivity index (χ3n) is 6.46. The Labute approximate surface area is 217 Å². The Bertz CT molecular complexity index is 1240. The van der Waals surface area contributed by atoms with Crippen molar-refractivity contribution < 1.29 is 13.9 Å². The molecule has 10 heteroatoms. The lowest BCUT2D eigenvalue weighted by Gasteiger charge is -2.54. The van der Waals surface area contributed by atoms with Gasteiger partial charge in [0.2, 0.25) is 11.8 Å². The van der Waals surface area contributed by atoms with Gasteiger partial charge < -0.3 is 19.0 Å². The number of pyridine rings is 1. The largest absolute Gasteiger partial charge is 0.444 e. The van der Waals surface area contributed by atoms with Crippen LogP contribution in [0.15, 0.2) is 45.4 Å². The molecule has 0 N–H and O–H groups in total. The molecule has 2 saturated heterocycles. The Morgan fingerprint density at radius 2 is 1.83 bits per heavy atom. The summed E-state index contributed by atoms with van der Waals surface area (Å²) < 4.78 is 12.5. The topological polar surface area (TPSA) is 84.6 Å². The van der Waals surface area contributed by atoms with Crippen molar-refractivity contribution >= 4 is 39.3 Å². The van der Waals surface area contributed by atoms with Crippen molar-refractivity contribution in [3.63, 3.8) is 0 Å². The standard InChI is InChI=1S/C25H27BrClN5O3/c1-24(2,3)35-23(33)32-14-25(15-32)7-10-31(11-8-25)19-13-17(26)4-5-18(19)22-30-29-21(34-22)16-6-9-28-20(27)12-16/h4-6,9,12-13H,7-8,10-11,14-15H2,1-3H3. The second-order valence-corrected chi connectivity index (χ2v) is 11.6. The normalized spacial score (nSPS) is 17.4. The fourth-order valence-corrected chi connectivity index (χ4v) is 5.21. The van der Waals surface area contributed by atoms with Gasteiger partial charge in [-0.2, -0.15) is 0 Å². The summed E-state index contributed by atoms with van der Waals surface area (Å²) in [6.45, 7) is 8.96. The lowest BCUT2D eigenvalue weighted by Crippen LogP contribution is -2.62. The van der Waals surface area contributed by atoms with Gasteiger partial charge in [-0.1, -0.05) is 27.5 Å². The van der Waals surface area contributed by atoms with Crippen molar-refractivity contribution in [2.75, 3.05) is 31.1 Å². The number of amides is 1. The molecule has 2 fully saturated rings. The first kappa shape index (κ1) is 24.1. The van der Waals surface area contributed by atoms with Crippen LogP contribution in [-0.4, -0.2) is 58.0 Å². The van der Waals surface area contributed by atoms with Gasteiger partial charge in [-0.25, -0.2) is 9.78 Å². The Kier molecular flexibility index (Phi) is 6.25. The Morgan fingerprint density at radius 3 is 2.51 bits per heavy atom. The number of anilines is 1. The monoisotopic (exact) mass is 559 g/mol. The third-order valence-corrected chi connectivity index (χ3v) is 7.16. The van der Waals surface area contributed by atoms with Gasteiger partial charge in [-0.3, -0.25) is 0 Å². The van der Waals surface area contributed by atoms with E-state index in [0.29, 0.717) is 16.9 Å². The zero-order valence-electron chi connectivity index (χ0n) is 19.9. The highest BCUT2D eigenvalue weighted by atomic mass is 79.9. The van der Waals surface area contributed by atoms with E-state index in [1.807, 2.05) is 37.8 Å². The van der Waals surface area contributed by atoms with Crippen molar-refractivity contribution in [2.45, 2.75) is 39.2 Å². The van der Waals surface area contributed by atoms with E-state index in [9.17, 15) is 4.79 Å². The fourth-order valence-electron chi connectivity index (χ4n) is 4.69. The first-order chi connectivity index (χ1) is 16.6. The fraction of sp³-hybridized carbons (Fsp3) is 0.440. The number of rotatable bonds is 3. The highest BCUT2D eigenvalue weighted by Crippen LogP contribution is 2.44. The van der Waals surface area contributed by atoms with E-state index in [4.69, 9.17) is 20.8 Å². The zero-order valence-corrected chi connectivity index (χ0v) is 22.3. The second-order valence-electron chi connectivity index (χ2n) is 10.3. The van der Waals surface area contributed by atoms with Crippen LogP contribution >= 0.6 is 27.5 Å². The molecule has 2 aliphatic rings. The minimum atomic E-state index is -0.474. The summed E-state index contributed by atoms with van der Waals surface area (Å²) in [6.07, 6.45) is 3.40. The Balaban J connectivity index is 1.30. The van der Waals surface area contributed by atoms with E-state index < -0.39 is 5.60 Å². The molecule has 1 spiro atoms. The molecule has 5 rings (SSSR count). The number of piperidine rings is 1. The molecule has 0 radical (unpaired) electrons. The Hall–Kier alpha value is -2.65. The van der Waals surface area contributed by atoms with Crippen molar-refractivity contribution in [1.29, 1.82) is 0 Å². The first-order valence-corrected chi connectivity index (χ1v) is 12.8. The maximum Gasteiger partial charge on any atom is 0.410 e. The van der Waals surface area contributed by atoms with Crippen LogP contribution in [0.4, 0.5) is 10.5 Å². The SMILES string of the molecule is CC(C)(C)OC(=O)N1CC2(CCN(c3cc(Br)ccc3-c3nnc(-c4ccnc(Cl)c4)o3)CC2)C1. The number of nitrogens with zero attached hydrogens (tertiary/aromatic N) is 5. The highest BCUT2D eigenvalue weighted by molar-refractivity contribution is 9.10. The summed E-state index contributed by atoms with van der Waals surface area (Å²) in [5.41, 5.74) is 2.34. The highest BCUT2D eigenvalue weighted by Gasteiger charge is 2.48. The van der Waals surface area contributed by atoms with Gasteiger partial charge in [0.25, 0.3) is 0 Å². The number of aromatic nitrogens is 3. The van der Waals surface area contributed by atoms with Gasteiger partial charge in [-0.05, 0) is 63.9 Å². The van der Waals surface area contributed by atoms with Gasteiger partial charge in [0, 0.05) is 47.8 Å². The number of halogens is 2. The van der Waals surface area contributed by atoms with Gasteiger partial charge in [0.1, 0.15) is 10.8 Å². The molecule has 1 amide bonds. The average Bonchev–Trinajstić information content (AvgIpc) is 3.26. The minimum absolute atomic E-state index is 0.165. The Morgan fingerprint density at radius 1 is 1.11 bits per heavy atom. The van der Waals surface area contributed by atoms with E-state index in [1.54, 1.807) is 18.3 Å². The molecule has 0 aliphatic carbocycles. The third kappa shape index (κ3) is 5.16. The van der Waals surface area contributed by atoms with E-state index in [0.717, 1.165) is 60.3 Å². The van der Waals surface area contributed by atoms with E-state index >= 15 is 0 Å².